The van der Waals surface area contributed by atoms with Crippen molar-refractivity contribution in [2.75, 3.05) is 0 Å². The highest BCUT2D eigenvalue weighted by Gasteiger charge is 2.22. The number of hydrogen-bond donors (Lipinski definition) is 2. The summed E-state index contributed by atoms with van der Waals surface area (Å²) in [5, 5.41) is 9.51. The van der Waals surface area contributed by atoms with Gasteiger partial charge in [-0.25, -0.2) is 0 Å². The van der Waals surface area contributed by atoms with Gasteiger partial charge in [-0.3, -0.25) is 0 Å². The zero-order valence-electron chi connectivity index (χ0n) is 7.07. The molecule has 1 aliphatic carbocycles. The number of nitrogens with two attached hydrogens (primary N) is 1. The van der Waals surface area contributed by atoms with E-state index in [2.05, 4.69) is 0 Å². The molecule has 0 bridgehead atoms. The van der Waals surface area contributed by atoms with Gasteiger partial charge in [0.2, 0.25) is 0 Å². The maximum Gasteiger partial charge on any atom is 0.0915 e. The Morgan fingerprint density at radius 3 is 2.92 bits per heavy atom. The standard InChI is InChI=1S/C9H14ClNO/c1-6(11)9(12)7-4-2-3-5-8(7)10/h2-4,6,8-9,12H,5,11H2,1H3/t6-,8?,9?/m0/s1. The molecule has 1 aliphatic rings. The van der Waals surface area contributed by atoms with E-state index >= 15 is 0 Å². The normalized spacial score (nSPS) is 28.0. The van der Waals surface area contributed by atoms with Gasteiger partial charge in [0.15, 0.2) is 0 Å². The maximum absolute atomic E-state index is 9.61. The van der Waals surface area contributed by atoms with Crippen LogP contribution in [0.15, 0.2) is 23.8 Å². The van der Waals surface area contributed by atoms with Crippen molar-refractivity contribution >= 4 is 11.6 Å². The van der Waals surface area contributed by atoms with Gasteiger partial charge >= 0.3 is 0 Å². The summed E-state index contributed by atoms with van der Waals surface area (Å²) in [6.45, 7) is 1.77. The number of aliphatic hydroxyl groups excluding tert-OH is 1. The van der Waals surface area contributed by atoms with E-state index in [0.717, 1.165) is 12.0 Å². The first kappa shape index (κ1) is 9.78. The van der Waals surface area contributed by atoms with Crippen molar-refractivity contribution < 1.29 is 5.11 Å². The van der Waals surface area contributed by atoms with Crippen molar-refractivity contribution in [2.24, 2.45) is 5.73 Å². The molecule has 0 heterocycles. The topological polar surface area (TPSA) is 46.2 Å². The Bertz CT molecular complexity index is 211. The van der Waals surface area contributed by atoms with Gasteiger partial charge in [-0.15, -0.1) is 11.6 Å². The lowest BCUT2D eigenvalue weighted by atomic mass is 9.96. The molecule has 3 heteroatoms. The molecule has 0 spiro atoms. The van der Waals surface area contributed by atoms with Crippen LogP contribution in [-0.2, 0) is 0 Å². The first-order valence-corrected chi connectivity index (χ1v) is 4.51. The highest BCUT2D eigenvalue weighted by Crippen LogP contribution is 2.22. The average molecular weight is 188 g/mol. The molecular weight excluding hydrogens is 174 g/mol. The second kappa shape index (κ2) is 4.08. The van der Waals surface area contributed by atoms with Crippen LogP contribution < -0.4 is 5.73 Å². The maximum atomic E-state index is 9.61. The Hall–Kier alpha value is -0.310. The van der Waals surface area contributed by atoms with Gasteiger partial charge in [-0.2, -0.15) is 0 Å². The van der Waals surface area contributed by atoms with Crippen LogP contribution in [0.25, 0.3) is 0 Å². The quantitative estimate of drug-likeness (QED) is 0.638. The summed E-state index contributed by atoms with van der Waals surface area (Å²) in [6.07, 6.45) is 5.89. The van der Waals surface area contributed by atoms with E-state index in [4.69, 9.17) is 17.3 Å². The third kappa shape index (κ3) is 2.09. The van der Waals surface area contributed by atoms with Crippen LogP contribution in [-0.4, -0.2) is 22.6 Å². The minimum Gasteiger partial charge on any atom is -0.387 e. The van der Waals surface area contributed by atoms with Crippen molar-refractivity contribution in [3.63, 3.8) is 0 Å². The lowest BCUT2D eigenvalue weighted by Gasteiger charge is -2.23. The van der Waals surface area contributed by atoms with Gasteiger partial charge in [0.05, 0.1) is 11.5 Å². The second-order valence-electron chi connectivity index (χ2n) is 3.10. The zero-order valence-corrected chi connectivity index (χ0v) is 7.83. The number of rotatable bonds is 2. The molecule has 3 N–H and O–H groups in total. The van der Waals surface area contributed by atoms with Gasteiger partial charge in [0.25, 0.3) is 0 Å². The van der Waals surface area contributed by atoms with Crippen molar-refractivity contribution in [2.45, 2.75) is 30.9 Å². The summed E-state index contributed by atoms with van der Waals surface area (Å²) >= 11 is 5.99. The van der Waals surface area contributed by atoms with E-state index < -0.39 is 6.10 Å². The molecule has 68 valence electrons. The van der Waals surface area contributed by atoms with Crippen LogP contribution in [0.1, 0.15) is 13.3 Å². The molecule has 0 amide bonds. The van der Waals surface area contributed by atoms with E-state index in [9.17, 15) is 5.11 Å². The smallest absolute Gasteiger partial charge is 0.0915 e. The lowest BCUT2D eigenvalue weighted by Crippen LogP contribution is -2.35. The molecule has 2 nitrogen and oxygen atoms in total. The molecule has 0 saturated carbocycles. The first-order valence-electron chi connectivity index (χ1n) is 4.07. The number of hydrogen-bond acceptors (Lipinski definition) is 2. The Morgan fingerprint density at radius 1 is 1.75 bits per heavy atom. The summed E-state index contributed by atoms with van der Waals surface area (Å²) in [6, 6.07) is -0.260. The molecule has 12 heavy (non-hydrogen) atoms. The predicted octanol–water partition coefficient (Wildman–Crippen LogP) is 1.19. The van der Waals surface area contributed by atoms with Crippen LogP contribution in [0.2, 0.25) is 0 Å². The van der Waals surface area contributed by atoms with Crippen LogP contribution in [0, 0.1) is 0 Å². The number of allylic oxidation sites excluding steroid dienone is 3. The van der Waals surface area contributed by atoms with Crippen LogP contribution in [0.5, 0.6) is 0 Å². The van der Waals surface area contributed by atoms with Gasteiger partial charge in [0, 0.05) is 6.04 Å². The number of alkyl halides is 1. The highest BCUT2D eigenvalue weighted by atomic mass is 35.5. The van der Waals surface area contributed by atoms with E-state index in [1.165, 1.54) is 0 Å². The zero-order chi connectivity index (χ0) is 9.14. The fourth-order valence-electron chi connectivity index (χ4n) is 1.21. The van der Waals surface area contributed by atoms with Crippen molar-refractivity contribution in [1.29, 1.82) is 0 Å². The van der Waals surface area contributed by atoms with Crippen LogP contribution >= 0.6 is 11.6 Å². The molecule has 1 rings (SSSR count). The molecule has 0 radical (unpaired) electrons. The van der Waals surface area contributed by atoms with Gasteiger partial charge < -0.3 is 10.8 Å². The summed E-state index contributed by atoms with van der Waals surface area (Å²) in [4.78, 5) is 0. The molecule has 0 aromatic rings. The third-order valence-corrected chi connectivity index (χ3v) is 2.40. The number of halogens is 1. The minimum atomic E-state index is -0.613. The van der Waals surface area contributed by atoms with Gasteiger partial charge in [-0.1, -0.05) is 18.2 Å². The molecular formula is C9H14ClNO. The van der Waals surface area contributed by atoms with Crippen LogP contribution in [0.3, 0.4) is 0 Å². The lowest BCUT2D eigenvalue weighted by molar-refractivity contribution is 0.182. The molecule has 0 fully saturated rings. The van der Waals surface area contributed by atoms with Crippen molar-refractivity contribution in [3.05, 3.63) is 23.8 Å². The molecule has 3 atom stereocenters. The molecule has 2 unspecified atom stereocenters. The van der Waals surface area contributed by atoms with E-state index in [1.54, 1.807) is 6.92 Å². The van der Waals surface area contributed by atoms with Crippen molar-refractivity contribution in [3.8, 4) is 0 Å². The first-order chi connectivity index (χ1) is 5.63. The molecule has 0 aliphatic heterocycles. The van der Waals surface area contributed by atoms with Crippen LogP contribution in [0.4, 0.5) is 0 Å². The average Bonchev–Trinajstić information content (AvgIpc) is 2.04. The largest absolute Gasteiger partial charge is 0.387 e. The minimum absolute atomic E-state index is 0.101. The van der Waals surface area contributed by atoms with Gasteiger partial charge in [-0.05, 0) is 18.9 Å². The Kier molecular flexibility index (Phi) is 3.32. The number of aliphatic hydroxyl groups is 1. The molecule has 0 aromatic heterocycles. The van der Waals surface area contributed by atoms with E-state index in [-0.39, 0.29) is 11.4 Å². The Balaban J connectivity index is 2.71. The molecule has 0 saturated heterocycles. The monoisotopic (exact) mass is 187 g/mol. The third-order valence-electron chi connectivity index (χ3n) is 1.97. The SMILES string of the molecule is C[C@H](N)C(O)C1=CC=CCC1Cl. The summed E-state index contributed by atoms with van der Waals surface area (Å²) in [5.41, 5.74) is 6.38. The van der Waals surface area contributed by atoms with E-state index in [0.29, 0.717) is 0 Å². The Labute approximate surface area is 77.7 Å². The predicted molar refractivity (Wildman–Crippen MR) is 51.1 cm³/mol. The molecule has 0 aromatic carbocycles. The fraction of sp³-hybridized carbons (Fsp3) is 0.556. The summed E-state index contributed by atoms with van der Waals surface area (Å²) < 4.78 is 0. The van der Waals surface area contributed by atoms with Crippen molar-refractivity contribution in [1.82, 2.24) is 0 Å². The highest BCUT2D eigenvalue weighted by molar-refractivity contribution is 6.22. The summed E-state index contributed by atoms with van der Waals surface area (Å²) in [5.74, 6) is 0. The Morgan fingerprint density at radius 2 is 2.42 bits per heavy atom. The van der Waals surface area contributed by atoms with E-state index in [1.807, 2.05) is 18.2 Å². The van der Waals surface area contributed by atoms with Gasteiger partial charge in [0.1, 0.15) is 0 Å². The fourth-order valence-corrected chi connectivity index (χ4v) is 1.51. The summed E-state index contributed by atoms with van der Waals surface area (Å²) in [7, 11) is 0. The second-order valence-corrected chi connectivity index (χ2v) is 3.63.